The van der Waals surface area contributed by atoms with Gasteiger partial charge in [0.05, 0.1) is 13.7 Å². The SMILES string of the molecule is CCNC(=NCc1ccc(OC)c(F)c1)NCCCOCC1CC1.I. The highest BCUT2D eigenvalue weighted by molar-refractivity contribution is 14.0. The average Bonchev–Trinajstić information content (AvgIpc) is 3.40. The Bertz CT molecular complexity index is 539. The van der Waals surface area contributed by atoms with Crippen molar-refractivity contribution in [3.8, 4) is 5.75 Å². The molecule has 1 aromatic rings. The summed E-state index contributed by atoms with van der Waals surface area (Å²) in [6.45, 7) is 5.68. The van der Waals surface area contributed by atoms with Crippen molar-refractivity contribution in [2.45, 2.75) is 32.7 Å². The summed E-state index contributed by atoms with van der Waals surface area (Å²) in [7, 11) is 1.46. The van der Waals surface area contributed by atoms with Crippen LogP contribution in [-0.4, -0.2) is 39.4 Å². The Hall–Kier alpha value is -1.09. The number of nitrogens with one attached hydrogen (secondary N) is 2. The molecular weight excluding hydrogens is 436 g/mol. The lowest BCUT2D eigenvalue weighted by molar-refractivity contribution is 0.123. The van der Waals surface area contributed by atoms with Crippen LogP contribution >= 0.6 is 24.0 Å². The van der Waals surface area contributed by atoms with E-state index in [0.29, 0.717) is 6.54 Å². The van der Waals surface area contributed by atoms with Crippen LogP contribution in [0.25, 0.3) is 0 Å². The van der Waals surface area contributed by atoms with E-state index < -0.39 is 0 Å². The first-order valence-corrected chi connectivity index (χ1v) is 8.65. The van der Waals surface area contributed by atoms with Gasteiger partial charge in [-0.25, -0.2) is 9.38 Å². The predicted octanol–water partition coefficient (Wildman–Crippen LogP) is 3.32. The molecule has 0 radical (unpaired) electrons. The van der Waals surface area contributed by atoms with Gasteiger partial charge in [0.1, 0.15) is 0 Å². The van der Waals surface area contributed by atoms with E-state index in [1.54, 1.807) is 6.07 Å². The number of halogens is 2. The minimum Gasteiger partial charge on any atom is -0.494 e. The Balaban J connectivity index is 0.00000312. The highest BCUT2D eigenvalue weighted by atomic mass is 127. The number of aliphatic imine (C=N–C) groups is 1. The van der Waals surface area contributed by atoms with Gasteiger partial charge >= 0.3 is 0 Å². The second-order valence-electron chi connectivity index (χ2n) is 5.96. The van der Waals surface area contributed by atoms with Gasteiger partial charge in [0, 0.05) is 26.3 Å². The number of rotatable bonds is 10. The third kappa shape index (κ3) is 8.71. The van der Waals surface area contributed by atoms with Crippen LogP contribution in [0.2, 0.25) is 0 Å². The van der Waals surface area contributed by atoms with Crippen LogP contribution in [-0.2, 0) is 11.3 Å². The first-order chi connectivity index (χ1) is 11.7. The van der Waals surface area contributed by atoms with E-state index in [1.165, 1.54) is 26.0 Å². The second-order valence-corrected chi connectivity index (χ2v) is 5.96. The molecule has 0 spiro atoms. The van der Waals surface area contributed by atoms with Crippen LogP contribution in [0.3, 0.4) is 0 Å². The first-order valence-electron chi connectivity index (χ1n) is 8.65. The smallest absolute Gasteiger partial charge is 0.191 e. The fourth-order valence-corrected chi connectivity index (χ4v) is 2.24. The maximum atomic E-state index is 13.7. The molecule has 25 heavy (non-hydrogen) atoms. The summed E-state index contributed by atoms with van der Waals surface area (Å²) < 4.78 is 24.2. The molecule has 0 amide bonds. The van der Waals surface area contributed by atoms with Crippen molar-refractivity contribution in [1.82, 2.24) is 10.6 Å². The zero-order valence-corrected chi connectivity index (χ0v) is 17.3. The van der Waals surface area contributed by atoms with Gasteiger partial charge in [0.2, 0.25) is 0 Å². The molecule has 2 N–H and O–H groups in total. The Labute approximate surface area is 166 Å². The summed E-state index contributed by atoms with van der Waals surface area (Å²) in [5.74, 6) is 1.42. The molecule has 5 nitrogen and oxygen atoms in total. The maximum Gasteiger partial charge on any atom is 0.191 e. The summed E-state index contributed by atoms with van der Waals surface area (Å²) in [4.78, 5) is 4.48. The summed E-state index contributed by atoms with van der Waals surface area (Å²) in [6.07, 6.45) is 3.58. The van der Waals surface area contributed by atoms with Crippen LogP contribution in [0.5, 0.6) is 5.75 Å². The van der Waals surface area contributed by atoms with Gasteiger partial charge < -0.3 is 20.1 Å². The van der Waals surface area contributed by atoms with Gasteiger partial charge in [0.25, 0.3) is 0 Å². The number of benzene rings is 1. The van der Waals surface area contributed by atoms with Crippen molar-refractivity contribution in [2.24, 2.45) is 10.9 Å². The lowest BCUT2D eigenvalue weighted by Gasteiger charge is -2.11. The number of hydrogen-bond acceptors (Lipinski definition) is 3. The van der Waals surface area contributed by atoms with Crippen LogP contribution in [0.4, 0.5) is 4.39 Å². The Morgan fingerprint density at radius 3 is 2.76 bits per heavy atom. The maximum absolute atomic E-state index is 13.7. The average molecular weight is 465 g/mol. The van der Waals surface area contributed by atoms with Gasteiger partial charge in [-0.05, 0) is 49.8 Å². The highest BCUT2D eigenvalue weighted by Gasteiger charge is 2.20. The quantitative estimate of drug-likeness (QED) is 0.241. The number of nitrogens with zero attached hydrogens (tertiary/aromatic N) is 1. The number of ether oxygens (including phenoxy) is 2. The van der Waals surface area contributed by atoms with Gasteiger partial charge in [0.15, 0.2) is 17.5 Å². The van der Waals surface area contributed by atoms with Crippen molar-refractivity contribution in [3.05, 3.63) is 29.6 Å². The molecule has 0 aliphatic heterocycles. The summed E-state index contributed by atoms with van der Waals surface area (Å²) in [5.41, 5.74) is 0.804. The van der Waals surface area contributed by atoms with E-state index in [4.69, 9.17) is 9.47 Å². The van der Waals surface area contributed by atoms with E-state index in [0.717, 1.165) is 50.2 Å². The van der Waals surface area contributed by atoms with E-state index >= 15 is 0 Å². The molecule has 1 saturated carbocycles. The molecule has 0 aromatic heterocycles. The number of guanidine groups is 1. The van der Waals surface area contributed by atoms with Crippen molar-refractivity contribution >= 4 is 29.9 Å². The molecule has 0 bridgehead atoms. The fraction of sp³-hybridized carbons (Fsp3) is 0.611. The number of hydrogen-bond donors (Lipinski definition) is 2. The van der Waals surface area contributed by atoms with E-state index in [2.05, 4.69) is 15.6 Å². The Morgan fingerprint density at radius 2 is 2.12 bits per heavy atom. The zero-order valence-electron chi connectivity index (χ0n) is 15.0. The second kappa shape index (κ2) is 12.3. The Kier molecular flexibility index (Phi) is 10.8. The lowest BCUT2D eigenvalue weighted by Crippen LogP contribution is -2.38. The predicted molar refractivity (Wildman–Crippen MR) is 109 cm³/mol. The van der Waals surface area contributed by atoms with Gasteiger partial charge in [-0.1, -0.05) is 6.07 Å². The van der Waals surface area contributed by atoms with Gasteiger partial charge in [-0.3, -0.25) is 0 Å². The van der Waals surface area contributed by atoms with Crippen LogP contribution in [0, 0.1) is 11.7 Å². The number of methoxy groups -OCH3 is 1. The van der Waals surface area contributed by atoms with E-state index in [1.807, 2.05) is 13.0 Å². The van der Waals surface area contributed by atoms with Crippen molar-refractivity contribution in [2.75, 3.05) is 33.4 Å². The zero-order chi connectivity index (χ0) is 17.2. The standard InChI is InChI=1S/C18H28FN3O2.HI/c1-3-20-18(21-9-4-10-24-13-14-5-6-14)22-12-15-7-8-17(23-2)16(19)11-15;/h7-8,11,14H,3-6,9-10,12-13H2,1-2H3,(H2,20,21,22);1H. The van der Waals surface area contributed by atoms with E-state index in [9.17, 15) is 4.39 Å². The van der Waals surface area contributed by atoms with Crippen molar-refractivity contribution in [3.63, 3.8) is 0 Å². The molecular formula is C18H29FIN3O2. The minimum absolute atomic E-state index is 0. The third-order valence-electron chi connectivity index (χ3n) is 3.79. The monoisotopic (exact) mass is 465 g/mol. The topological polar surface area (TPSA) is 54.9 Å². The molecule has 1 aliphatic rings. The largest absolute Gasteiger partial charge is 0.494 e. The molecule has 0 unspecified atom stereocenters. The summed E-state index contributed by atoms with van der Waals surface area (Å²) in [6, 6.07) is 4.90. The van der Waals surface area contributed by atoms with Crippen molar-refractivity contribution < 1.29 is 13.9 Å². The normalized spacial score (nSPS) is 14.0. The summed E-state index contributed by atoms with van der Waals surface area (Å²) in [5, 5.41) is 6.46. The highest BCUT2D eigenvalue weighted by Crippen LogP contribution is 2.28. The fourth-order valence-electron chi connectivity index (χ4n) is 2.24. The van der Waals surface area contributed by atoms with Gasteiger partial charge in [-0.2, -0.15) is 0 Å². The lowest BCUT2D eigenvalue weighted by atomic mass is 10.2. The van der Waals surface area contributed by atoms with E-state index in [-0.39, 0.29) is 35.5 Å². The molecule has 0 atom stereocenters. The molecule has 1 aromatic carbocycles. The molecule has 2 rings (SSSR count). The summed E-state index contributed by atoms with van der Waals surface area (Å²) >= 11 is 0. The van der Waals surface area contributed by atoms with Crippen LogP contribution < -0.4 is 15.4 Å². The van der Waals surface area contributed by atoms with Crippen LogP contribution in [0.15, 0.2) is 23.2 Å². The molecule has 7 heteroatoms. The van der Waals surface area contributed by atoms with Gasteiger partial charge in [-0.15, -0.1) is 24.0 Å². The first kappa shape index (κ1) is 22.0. The molecule has 142 valence electrons. The third-order valence-corrected chi connectivity index (χ3v) is 3.79. The van der Waals surface area contributed by atoms with Crippen molar-refractivity contribution in [1.29, 1.82) is 0 Å². The Morgan fingerprint density at radius 1 is 1.32 bits per heavy atom. The molecule has 0 saturated heterocycles. The minimum atomic E-state index is -0.365. The molecule has 1 aliphatic carbocycles. The molecule has 0 heterocycles. The molecule has 1 fully saturated rings. The van der Waals surface area contributed by atoms with Crippen LogP contribution in [0.1, 0.15) is 31.7 Å².